The summed E-state index contributed by atoms with van der Waals surface area (Å²) in [5, 5.41) is 3.29. The third kappa shape index (κ3) is 7.67. The predicted molar refractivity (Wildman–Crippen MR) is 71.6 cm³/mol. The lowest BCUT2D eigenvalue weighted by Gasteiger charge is -2.22. The third-order valence-corrected chi connectivity index (χ3v) is 3.22. The normalized spacial score (nSPS) is 16.7. The van der Waals surface area contributed by atoms with Gasteiger partial charge in [-0.15, -0.1) is 0 Å². The Kier molecular flexibility index (Phi) is 8.86. The summed E-state index contributed by atoms with van der Waals surface area (Å²) < 4.78 is 10.8. The van der Waals surface area contributed by atoms with Gasteiger partial charge in [-0.3, -0.25) is 4.79 Å². The highest BCUT2D eigenvalue weighted by molar-refractivity contribution is 5.69. The highest BCUT2D eigenvalue weighted by atomic mass is 16.6. The first-order valence-electron chi connectivity index (χ1n) is 7.31. The van der Waals surface area contributed by atoms with Crippen LogP contribution in [0.4, 0.5) is 0 Å². The zero-order valence-corrected chi connectivity index (χ0v) is 11.6. The van der Waals surface area contributed by atoms with E-state index in [2.05, 4.69) is 12.2 Å². The summed E-state index contributed by atoms with van der Waals surface area (Å²) >= 11 is 0. The summed E-state index contributed by atoms with van der Waals surface area (Å²) in [5.41, 5.74) is 0. The Balaban J connectivity index is 1.88. The van der Waals surface area contributed by atoms with Crippen molar-refractivity contribution < 1.29 is 14.3 Å². The molecule has 0 aliphatic carbocycles. The Bertz CT molecular complexity index is 215. The zero-order valence-electron chi connectivity index (χ0n) is 11.6. The fraction of sp³-hybridized carbons (Fsp3) is 0.929. The summed E-state index contributed by atoms with van der Waals surface area (Å²) in [7, 11) is 0. The monoisotopic (exact) mass is 257 g/mol. The van der Waals surface area contributed by atoms with Crippen LogP contribution in [-0.4, -0.2) is 38.4 Å². The van der Waals surface area contributed by atoms with Crippen molar-refractivity contribution in [2.45, 2.75) is 58.0 Å². The Morgan fingerprint density at radius 3 is 2.67 bits per heavy atom. The van der Waals surface area contributed by atoms with E-state index in [1.165, 1.54) is 12.8 Å². The van der Waals surface area contributed by atoms with Gasteiger partial charge in [0.15, 0.2) is 0 Å². The molecule has 0 amide bonds. The number of rotatable bonds is 9. The third-order valence-electron chi connectivity index (χ3n) is 3.22. The van der Waals surface area contributed by atoms with Gasteiger partial charge in [-0.1, -0.05) is 26.2 Å². The van der Waals surface area contributed by atoms with Crippen LogP contribution in [-0.2, 0) is 14.3 Å². The maximum absolute atomic E-state index is 11.4. The summed E-state index contributed by atoms with van der Waals surface area (Å²) in [6, 6.07) is 0. The van der Waals surface area contributed by atoms with E-state index in [4.69, 9.17) is 9.47 Å². The predicted octanol–water partition coefficient (Wildman–Crippen LogP) is 2.27. The van der Waals surface area contributed by atoms with E-state index >= 15 is 0 Å². The molecule has 0 aromatic carbocycles. The SMILES string of the molecule is CCCCCCC(=O)OCCOC1CCNCC1. The van der Waals surface area contributed by atoms with Crippen molar-refractivity contribution in [3.63, 3.8) is 0 Å². The number of piperidine rings is 1. The molecule has 0 unspecified atom stereocenters. The molecule has 4 nitrogen and oxygen atoms in total. The molecule has 0 spiro atoms. The van der Waals surface area contributed by atoms with Crippen molar-refractivity contribution >= 4 is 5.97 Å². The maximum Gasteiger partial charge on any atom is 0.305 e. The van der Waals surface area contributed by atoms with Crippen LogP contribution in [0, 0.1) is 0 Å². The van der Waals surface area contributed by atoms with Gasteiger partial charge in [0.05, 0.1) is 12.7 Å². The van der Waals surface area contributed by atoms with Gasteiger partial charge in [-0.05, 0) is 32.4 Å². The molecular formula is C14H27NO3. The van der Waals surface area contributed by atoms with Crippen LogP contribution in [0.1, 0.15) is 51.9 Å². The lowest BCUT2D eigenvalue weighted by Crippen LogP contribution is -2.33. The Labute approximate surface area is 110 Å². The first-order valence-corrected chi connectivity index (χ1v) is 7.31. The molecule has 1 heterocycles. The number of unbranched alkanes of at least 4 members (excludes halogenated alkanes) is 3. The van der Waals surface area contributed by atoms with Crippen molar-refractivity contribution in [2.24, 2.45) is 0 Å². The van der Waals surface area contributed by atoms with E-state index in [1.54, 1.807) is 0 Å². The fourth-order valence-electron chi connectivity index (χ4n) is 2.10. The van der Waals surface area contributed by atoms with Crippen molar-refractivity contribution in [2.75, 3.05) is 26.3 Å². The Morgan fingerprint density at radius 2 is 1.94 bits per heavy atom. The largest absolute Gasteiger partial charge is 0.463 e. The number of nitrogens with one attached hydrogen (secondary N) is 1. The first kappa shape index (κ1) is 15.4. The second-order valence-electron chi connectivity index (χ2n) is 4.85. The van der Waals surface area contributed by atoms with E-state index < -0.39 is 0 Å². The molecule has 1 fully saturated rings. The highest BCUT2D eigenvalue weighted by Crippen LogP contribution is 2.07. The molecule has 0 bridgehead atoms. The Morgan fingerprint density at radius 1 is 1.17 bits per heavy atom. The van der Waals surface area contributed by atoms with Gasteiger partial charge in [0.25, 0.3) is 0 Å². The first-order chi connectivity index (χ1) is 8.83. The standard InChI is InChI=1S/C14H27NO3/c1-2-3-4-5-6-14(16)18-12-11-17-13-7-9-15-10-8-13/h13,15H,2-12H2,1H3. The Hall–Kier alpha value is -0.610. The summed E-state index contributed by atoms with van der Waals surface area (Å²) in [6.45, 7) is 5.15. The van der Waals surface area contributed by atoms with Gasteiger partial charge < -0.3 is 14.8 Å². The minimum atomic E-state index is -0.0833. The number of hydrogen-bond donors (Lipinski definition) is 1. The van der Waals surface area contributed by atoms with Gasteiger partial charge in [0, 0.05) is 6.42 Å². The molecule has 18 heavy (non-hydrogen) atoms. The number of carbonyl (C=O) groups excluding carboxylic acids is 1. The summed E-state index contributed by atoms with van der Waals surface area (Å²) in [4.78, 5) is 11.4. The van der Waals surface area contributed by atoms with Crippen LogP contribution >= 0.6 is 0 Å². The number of hydrogen-bond acceptors (Lipinski definition) is 4. The molecule has 1 aliphatic rings. The second-order valence-corrected chi connectivity index (χ2v) is 4.85. The minimum absolute atomic E-state index is 0.0833. The van der Waals surface area contributed by atoms with E-state index in [1.807, 2.05) is 0 Å². The van der Waals surface area contributed by atoms with Gasteiger partial charge in [-0.25, -0.2) is 0 Å². The van der Waals surface area contributed by atoms with Crippen LogP contribution in [0.15, 0.2) is 0 Å². The fourth-order valence-corrected chi connectivity index (χ4v) is 2.10. The summed E-state index contributed by atoms with van der Waals surface area (Å²) in [6.07, 6.45) is 7.47. The molecule has 1 rings (SSSR count). The van der Waals surface area contributed by atoms with Crippen molar-refractivity contribution in [1.82, 2.24) is 5.32 Å². The van der Waals surface area contributed by atoms with E-state index in [0.29, 0.717) is 25.7 Å². The van der Waals surface area contributed by atoms with E-state index in [-0.39, 0.29) is 5.97 Å². The molecule has 0 aromatic rings. The molecule has 1 N–H and O–H groups in total. The average molecular weight is 257 g/mol. The van der Waals surface area contributed by atoms with Crippen molar-refractivity contribution in [3.05, 3.63) is 0 Å². The van der Waals surface area contributed by atoms with E-state index in [0.717, 1.165) is 38.8 Å². The zero-order chi connectivity index (χ0) is 13.1. The van der Waals surface area contributed by atoms with Crippen molar-refractivity contribution in [3.8, 4) is 0 Å². The quantitative estimate of drug-likeness (QED) is 0.508. The lowest BCUT2D eigenvalue weighted by molar-refractivity contribution is -0.146. The maximum atomic E-state index is 11.4. The molecule has 0 atom stereocenters. The molecule has 1 saturated heterocycles. The topological polar surface area (TPSA) is 47.6 Å². The average Bonchev–Trinajstić information content (AvgIpc) is 2.41. The number of esters is 1. The van der Waals surface area contributed by atoms with Crippen LogP contribution in [0.25, 0.3) is 0 Å². The van der Waals surface area contributed by atoms with Gasteiger partial charge in [0.2, 0.25) is 0 Å². The van der Waals surface area contributed by atoms with E-state index in [9.17, 15) is 4.79 Å². The van der Waals surface area contributed by atoms with Crippen molar-refractivity contribution in [1.29, 1.82) is 0 Å². The molecule has 1 aliphatic heterocycles. The molecule has 0 aromatic heterocycles. The minimum Gasteiger partial charge on any atom is -0.463 e. The molecule has 0 saturated carbocycles. The van der Waals surface area contributed by atoms with Crippen LogP contribution < -0.4 is 5.32 Å². The van der Waals surface area contributed by atoms with Gasteiger partial charge in [0.1, 0.15) is 6.61 Å². The molecule has 0 radical (unpaired) electrons. The lowest BCUT2D eigenvalue weighted by atomic mass is 10.1. The van der Waals surface area contributed by atoms with Gasteiger partial charge >= 0.3 is 5.97 Å². The van der Waals surface area contributed by atoms with Gasteiger partial charge in [-0.2, -0.15) is 0 Å². The van der Waals surface area contributed by atoms with Crippen LogP contribution in [0.5, 0.6) is 0 Å². The summed E-state index contributed by atoms with van der Waals surface area (Å²) in [5.74, 6) is -0.0833. The smallest absolute Gasteiger partial charge is 0.305 e. The molecular weight excluding hydrogens is 230 g/mol. The second kappa shape index (κ2) is 10.3. The number of carbonyl (C=O) groups is 1. The molecule has 4 heteroatoms. The van der Waals surface area contributed by atoms with Crippen LogP contribution in [0.2, 0.25) is 0 Å². The number of ether oxygens (including phenoxy) is 2. The highest BCUT2D eigenvalue weighted by Gasteiger charge is 2.13. The van der Waals surface area contributed by atoms with Crippen LogP contribution in [0.3, 0.4) is 0 Å². The molecule has 106 valence electrons.